The molecule has 8 heteroatoms. The number of halogens is 2. The monoisotopic (exact) mass is 403 g/mol. The van der Waals surface area contributed by atoms with Crippen LogP contribution in [0.4, 0.5) is 0 Å². The number of benzene rings is 2. The van der Waals surface area contributed by atoms with Crippen LogP contribution >= 0.6 is 34.5 Å². The first-order chi connectivity index (χ1) is 12.6. The topological polar surface area (TPSA) is 56.5 Å². The van der Waals surface area contributed by atoms with Crippen molar-refractivity contribution in [1.82, 2.24) is 14.6 Å². The number of ether oxygens (including phenoxy) is 1. The third-order valence-electron chi connectivity index (χ3n) is 3.78. The first-order valence-electron chi connectivity index (χ1n) is 7.56. The maximum absolute atomic E-state index is 12.7. The van der Waals surface area contributed by atoms with Gasteiger partial charge in [-0.25, -0.2) is 0 Å². The van der Waals surface area contributed by atoms with Gasteiger partial charge in [-0.3, -0.25) is 4.79 Å². The molecule has 4 aromatic rings. The minimum absolute atomic E-state index is 0.236. The van der Waals surface area contributed by atoms with E-state index in [1.165, 1.54) is 15.9 Å². The summed E-state index contributed by atoms with van der Waals surface area (Å²) < 4.78 is 7.13. The Labute approximate surface area is 162 Å². The number of aromatic nitrogens is 3. The standard InChI is InChI=1S/C18H11Cl2N3O2S/c1-25-14-5-3-2-4-10(14)8-15-17(24)23-18(26-15)21-16(22-23)12-7-6-11(19)9-13(12)20/h2-9H,1H3. The fraction of sp³-hybridized carbons (Fsp3) is 0.0556. The minimum Gasteiger partial charge on any atom is -0.496 e. The molecule has 0 amide bonds. The Bertz CT molecular complexity index is 1230. The lowest BCUT2D eigenvalue weighted by atomic mass is 10.2. The van der Waals surface area contributed by atoms with Gasteiger partial charge in [0.1, 0.15) is 5.75 Å². The van der Waals surface area contributed by atoms with Crippen LogP contribution in [0.25, 0.3) is 22.4 Å². The Balaban J connectivity index is 1.84. The van der Waals surface area contributed by atoms with E-state index in [9.17, 15) is 4.79 Å². The smallest absolute Gasteiger partial charge is 0.291 e. The Kier molecular flexibility index (Phi) is 4.40. The van der Waals surface area contributed by atoms with Gasteiger partial charge in [-0.2, -0.15) is 9.50 Å². The fourth-order valence-corrected chi connectivity index (χ4v) is 3.94. The SMILES string of the molecule is COc1ccccc1C=c1sc2nc(-c3ccc(Cl)cc3Cl)nn2c1=O. The fourth-order valence-electron chi connectivity index (χ4n) is 2.55. The van der Waals surface area contributed by atoms with E-state index >= 15 is 0 Å². The van der Waals surface area contributed by atoms with Gasteiger partial charge >= 0.3 is 0 Å². The highest BCUT2D eigenvalue weighted by Gasteiger charge is 2.14. The molecule has 2 heterocycles. The largest absolute Gasteiger partial charge is 0.496 e. The Morgan fingerprint density at radius 2 is 2.00 bits per heavy atom. The Morgan fingerprint density at radius 1 is 1.19 bits per heavy atom. The summed E-state index contributed by atoms with van der Waals surface area (Å²) in [5.41, 5.74) is 1.21. The van der Waals surface area contributed by atoms with Gasteiger partial charge < -0.3 is 4.74 Å². The maximum Gasteiger partial charge on any atom is 0.291 e. The van der Waals surface area contributed by atoms with Crippen LogP contribution in [-0.2, 0) is 0 Å². The summed E-state index contributed by atoms with van der Waals surface area (Å²) in [5.74, 6) is 1.08. The predicted molar refractivity (Wildman–Crippen MR) is 104 cm³/mol. The zero-order valence-corrected chi connectivity index (χ0v) is 15.8. The van der Waals surface area contributed by atoms with Crippen molar-refractivity contribution in [3.8, 4) is 17.1 Å². The molecule has 5 nitrogen and oxygen atoms in total. The highest BCUT2D eigenvalue weighted by atomic mass is 35.5. The first kappa shape index (κ1) is 17.0. The summed E-state index contributed by atoms with van der Waals surface area (Å²) in [6.45, 7) is 0. The molecule has 0 N–H and O–H groups in total. The van der Waals surface area contributed by atoms with Crippen molar-refractivity contribution in [1.29, 1.82) is 0 Å². The van der Waals surface area contributed by atoms with E-state index in [0.29, 0.717) is 36.7 Å². The highest BCUT2D eigenvalue weighted by molar-refractivity contribution is 7.15. The molecule has 0 aliphatic rings. The normalized spacial score (nSPS) is 12.0. The van der Waals surface area contributed by atoms with Gasteiger partial charge in [-0.15, -0.1) is 5.10 Å². The van der Waals surface area contributed by atoms with Gasteiger partial charge in [0, 0.05) is 16.1 Å². The molecule has 0 saturated carbocycles. The summed E-state index contributed by atoms with van der Waals surface area (Å²) in [6, 6.07) is 12.5. The van der Waals surface area contributed by atoms with E-state index < -0.39 is 0 Å². The molecular formula is C18H11Cl2N3O2S. The van der Waals surface area contributed by atoms with Crippen molar-refractivity contribution in [2.24, 2.45) is 0 Å². The van der Waals surface area contributed by atoms with Crippen LogP contribution < -0.4 is 14.8 Å². The Hall–Kier alpha value is -2.41. The highest BCUT2D eigenvalue weighted by Crippen LogP contribution is 2.28. The second kappa shape index (κ2) is 6.72. The molecule has 26 heavy (non-hydrogen) atoms. The quantitative estimate of drug-likeness (QED) is 0.523. The van der Waals surface area contributed by atoms with E-state index in [1.807, 2.05) is 24.3 Å². The number of thiazole rings is 1. The second-order valence-corrected chi connectivity index (χ2v) is 7.26. The van der Waals surface area contributed by atoms with Crippen LogP contribution in [0.15, 0.2) is 47.3 Å². The van der Waals surface area contributed by atoms with Gasteiger partial charge in [0.05, 0.1) is 16.7 Å². The number of hydrogen-bond acceptors (Lipinski definition) is 5. The average molecular weight is 404 g/mol. The Morgan fingerprint density at radius 3 is 2.73 bits per heavy atom. The van der Waals surface area contributed by atoms with E-state index in [1.54, 1.807) is 31.4 Å². The molecule has 0 aliphatic heterocycles. The second-order valence-electron chi connectivity index (χ2n) is 5.41. The number of rotatable bonds is 3. The number of para-hydroxylation sites is 1. The summed E-state index contributed by atoms with van der Waals surface area (Å²) in [4.78, 5) is 17.6. The third kappa shape index (κ3) is 2.96. The third-order valence-corrected chi connectivity index (χ3v) is 5.29. The van der Waals surface area contributed by atoms with E-state index in [4.69, 9.17) is 27.9 Å². The summed E-state index contributed by atoms with van der Waals surface area (Å²) in [5, 5.41) is 5.26. The van der Waals surface area contributed by atoms with Crippen LogP contribution in [0, 0.1) is 0 Å². The molecule has 0 aliphatic carbocycles. The van der Waals surface area contributed by atoms with Gasteiger partial charge in [0.2, 0.25) is 4.96 Å². The molecule has 0 atom stereocenters. The summed E-state index contributed by atoms with van der Waals surface area (Å²) >= 11 is 13.4. The van der Waals surface area contributed by atoms with Crippen LogP contribution in [0.1, 0.15) is 5.56 Å². The van der Waals surface area contributed by atoms with Crippen molar-refractivity contribution < 1.29 is 4.74 Å². The number of nitrogens with zero attached hydrogens (tertiary/aromatic N) is 3. The molecular weight excluding hydrogens is 393 g/mol. The average Bonchev–Trinajstić information content (AvgIpc) is 3.15. The first-order valence-corrected chi connectivity index (χ1v) is 9.14. The van der Waals surface area contributed by atoms with Gasteiger partial charge in [0.15, 0.2) is 5.82 Å². The molecule has 0 fully saturated rings. The maximum atomic E-state index is 12.7. The van der Waals surface area contributed by atoms with Gasteiger partial charge in [-0.1, -0.05) is 52.7 Å². The molecule has 0 spiro atoms. The molecule has 0 bridgehead atoms. The van der Waals surface area contributed by atoms with Crippen molar-refractivity contribution in [2.45, 2.75) is 0 Å². The lowest BCUT2D eigenvalue weighted by Gasteiger charge is -2.02. The number of fused-ring (bicyclic) bond motifs is 1. The van der Waals surface area contributed by atoms with E-state index in [-0.39, 0.29) is 5.56 Å². The van der Waals surface area contributed by atoms with E-state index in [2.05, 4.69) is 10.1 Å². The van der Waals surface area contributed by atoms with E-state index in [0.717, 1.165) is 5.56 Å². The van der Waals surface area contributed by atoms with Crippen LogP contribution in [0.2, 0.25) is 10.0 Å². The number of methoxy groups -OCH3 is 1. The molecule has 2 aromatic heterocycles. The molecule has 130 valence electrons. The lowest BCUT2D eigenvalue weighted by molar-refractivity contribution is 0.414. The van der Waals surface area contributed by atoms with Crippen molar-refractivity contribution in [2.75, 3.05) is 7.11 Å². The zero-order chi connectivity index (χ0) is 18.3. The molecule has 0 radical (unpaired) electrons. The van der Waals surface area contributed by atoms with Crippen LogP contribution in [0.3, 0.4) is 0 Å². The van der Waals surface area contributed by atoms with Gasteiger partial charge in [-0.05, 0) is 30.3 Å². The van der Waals surface area contributed by atoms with Crippen molar-refractivity contribution >= 4 is 45.6 Å². The van der Waals surface area contributed by atoms with Crippen molar-refractivity contribution in [3.05, 3.63) is 73.0 Å². The molecule has 2 aromatic carbocycles. The molecule has 4 rings (SSSR count). The molecule has 0 unspecified atom stereocenters. The number of hydrogen-bond donors (Lipinski definition) is 0. The molecule has 0 saturated heterocycles. The zero-order valence-electron chi connectivity index (χ0n) is 13.4. The summed E-state index contributed by atoms with van der Waals surface area (Å²) in [6.07, 6.45) is 1.77. The van der Waals surface area contributed by atoms with Crippen molar-refractivity contribution in [3.63, 3.8) is 0 Å². The van der Waals surface area contributed by atoms with Crippen LogP contribution in [0.5, 0.6) is 5.75 Å². The van der Waals surface area contributed by atoms with Crippen LogP contribution in [-0.4, -0.2) is 21.7 Å². The predicted octanol–water partition coefficient (Wildman–Crippen LogP) is 3.68. The summed E-state index contributed by atoms with van der Waals surface area (Å²) in [7, 11) is 1.59. The van der Waals surface area contributed by atoms with Gasteiger partial charge in [0.25, 0.3) is 5.56 Å². The minimum atomic E-state index is -0.236. The lowest BCUT2D eigenvalue weighted by Crippen LogP contribution is -2.23.